The number of aromatic nitrogens is 2. The average Bonchev–Trinajstić information content (AvgIpc) is 2.64. The highest BCUT2D eigenvalue weighted by Crippen LogP contribution is 2.29. The first-order chi connectivity index (χ1) is 10.1. The molecule has 1 heterocycles. The van der Waals surface area contributed by atoms with Gasteiger partial charge >= 0.3 is 5.97 Å². The van der Waals surface area contributed by atoms with Gasteiger partial charge in [0.15, 0.2) is 5.69 Å². The third-order valence-electron chi connectivity index (χ3n) is 3.96. The number of nitrogens with zero attached hydrogens (tertiary/aromatic N) is 2. The van der Waals surface area contributed by atoms with Crippen LogP contribution < -0.4 is 0 Å². The van der Waals surface area contributed by atoms with Crippen molar-refractivity contribution >= 4 is 17.6 Å². The number of aromatic carboxylic acids is 1. The van der Waals surface area contributed by atoms with Crippen molar-refractivity contribution in [1.29, 1.82) is 0 Å². The van der Waals surface area contributed by atoms with Crippen molar-refractivity contribution < 1.29 is 9.90 Å². The second-order valence-corrected chi connectivity index (χ2v) is 5.91. The lowest BCUT2D eigenvalue weighted by molar-refractivity contribution is 0.0688. The summed E-state index contributed by atoms with van der Waals surface area (Å²) in [6.45, 7) is 1.99. The van der Waals surface area contributed by atoms with E-state index >= 15 is 0 Å². The van der Waals surface area contributed by atoms with E-state index < -0.39 is 5.97 Å². The van der Waals surface area contributed by atoms with Gasteiger partial charge in [0.25, 0.3) is 0 Å². The van der Waals surface area contributed by atoms with Gasteiger partial charge in [-0.05, 0) is 50.3 Å². The maximum absolute atomic E-state index is 11.5. The number of benzene rings is 1. The molecule has 0 aliphatic heterocycles. The Labute approximate surface area is 128 Å². The Morgan fingerprint density at radius 3 is 2.81 bits per heavy atom. The molecule has 1 aromatic carbocycles. The van der Waals surface area contributed by atoms with Gasteiger partial charge in [-0.1, -0.05) is 24.1 Å². The monoisotopic (exact) mass is 304 g/mol. The van der Waals surface area contributed by atoms with Crippen molar-refractivity contribution in [2.45, 2.75) is 39.0 Å². The lowest BCUT2D eigenvalue weighted by Gasteiger charge is -2.10. The van der Waals surface area contributed by atoms with Gasteiger partial charge < -0.3 is 5.11 Å². The lowest BCUT2D eigenvalue weighted by atomic mass is 10.1. The summed E-state index contributed by atoms with van der Waals surface area (Å²) in [4.78, 5) is 11.5. The molecule has 0 amide bonds. The van der Waals surface area contributed by atoms with Crippen LogP contribution in [0.15, 0.2) is 18.2 Å². The highest BCUT2D eigenvalue weighted by atomic mass is 35.5. The van der Waals surface area contributed by atoms with Gasteiger partial charge in [-0.3, -0.25) is 0 Å². The van der Waals surface area contributed by atoms with Gasteiger partial charge in [-0.25, -0.2) is 9.48 Å². The topological polar surface area (TPSA) is 55.1 Å². The van der Waals surface area contributed by atoms with Gasteiger partial charge in [0.1, 0.15) is 0 Å². The molecule has 1 aromatic heterocycles. The van der Waals surface area contributed by atoms with E-state index in [1.807, 2.05) is 25.1 Å². The van der Waals surface area contributed by atoms with Crippen LogP contribution in [0.25, 0.3) is 5.69 Å². The number of carboxylic acid groups (broad SMARTS) is 1. The smallest absolute Gasteiger partial charge is 0.356 e. The zero-order chi connectivity index (χ0) is 15.0. The van der Waals surface area contributed by atoms with E-state index in [0.29, 0.717) is 5.02 Å². The first kappa shape index (κ1) is 14.1. The average molecular weight is 305 g/mol. The largest absolute Gasteiger partial charge is 0.476 e. The molecule has 4 nitrogen and oxygen atoms in total. The molecule has 2 aromatic rings. The molecule has 0 saturated heterocycles. The summed E-state index contributed by atoms with van der Waals surface area (Å²) in [5.41, 5.74) is 3.88. The van der Waals surface area contributed by atoms with Crippen molar-refractivity contribution in [3.63, 3.8) is 0 Å². The van der Waals surface area contributed by atoms with Crippen LogP contribution in [0.3, 0.4) is 0 Å². The molecule has 0 fully saturated rings. The van der Waals surface area contributed by atoms with E-state index in [4.69, 9.17) is 11.6 Å². The van der Waals surface area contributed by atoms with Crippen LogP contribution in [0.1, 0.15) is 46.6 Å². The van der Waals surface area contributed by atoms with E-state index in [-0.39, 0.29) is 5.69 Å². The molecule has 1 aliphatic rings. The molecule has 21 heavy (non-hydrogen) atoms. The molecule has 110 valence electrons. The first-order valence-corrected chi connectivity index (χ1v) is 7.56. The van der Waals surface area contributed by atoms with E-state index in [2.05, 4.69) is 5.10 Å². The number of carboxylic acids is 1. The molecule has 0 spiro atoms. The normalized spacial score (nSPS) is 14.6. The molecule has 0 unspecified atom stereocenters. The van der Waals surface area contributed by atoms with E-state index in [9.17, 15) is 9.90 Å². The highest BCUT2D eigenvalue weighted by molar-refractivity contribution is 6.32. The summed E-state index contributed by atoms with van der Waals surface area (Å²) in [5.74, 6) is -0.962. The van der Waals surface area contributed by atoms with Crippen LogP contribution in [0.4, 0.5) is 0 Å². The van der Waals surface area contributed by atoms with Crippen LogP contribution in [-0.2, 0) is 12.8 Å². The molecule has 5 heteroatoms. The molecule has 0 radical (unpaired) electrons. The predicted octanol–water partition coefficient (Wildman–Crippen LogP) is 3.80. The fourth-order valence-electron chi connectivity index (χ4n) is 2.93. The van der Waals surface area contributed by atoms with E-state index in [0.717, 1.165) is 54.6 Å². The standard InChI is InChI=1S/C16H17ClN2O2/c1-10-7-8-12(17)14(9-10)19-13-6-4-2-3-5-11(13)15(18-19)16(20)21/h7-9H,2-6H2,1H3,(H,20,21). The maximum Gasteiger partial charge on any atom is 0.356 e. The molecular weight excluding hydrogens is 288 g/mol. The van der Waals surface area contributed by atoms with Crippen LogP contribution in [-0.4, -0.2) is 20.9 Å². The minimum absolute atomic E-state index is 0.171. The first-order valence-electron chi connectivity index (χ1n) is 7.18. The Balaban J connectivity index is 2.23. The summed E-state index contributed by atoms with van der Waals surface area (Å²) >= 11 is 6.29. The summed E-state index contributed by atoms with van der Waals surface area (Å²) in [5, 5.41) is 14.3. The third kappa shape index (κ3) is 2.56. The van der Waals surface area contributed by atoms with Crippen LogP contribution in [0.5, 0.6) is 0 Å². The Hall–Kier alpha value is -1.81. The SMILES string of the molecule is Cc1ccc(Cl)c(-n2nc(C(=O)O)c3c2CCCCC3)c1. The van der Waals surface area contributed by atoms with Crippen molar-refractivity contribution in [2.24, 2.45) is 0 Å². The molecule has 1 aliphatic carbocycles. The number of aryl methyl sites for hydroxylation is 1. The quantitative estimate of drug-likeness (QED) is 0.859. The molecule has 3 rings (SSSR count). The highest BCUT2D eigenvalue weighted by Gasteiger charge is 2.25. The molecule has 0 bridgehead atoms. The van der Waals surface area contributed by atoms with Crippen LogP contribution >= 0.6 is 11.6 Å². The zero-order valence-electron chi connectivity index (χ0n) is 11.9. The summed E-state index contributed by atoms with van der Waals surface area (Å²) in [6.07, 6.45) is 4.82. The van der Waals surface area contributed by atoms with Gasteiger partial charge in [-0.15, -0.1) is 0 Å². The molecule has 0 atom stereocenters. The number of hydrogen-bond donors (Lipinski definition) is 1. The fourth-order valence-corrected chi connectivity index (χ4v) is 3.13. The van der Waals surface area contributed by atoms with Crippen molar-refractivity contribution in [3.05, 3.63) is 45.7 Å². The van der Waals surface area contributed by atoms with Crippen LogP contribution in [0.2, 0.25) is 5.02 Å². The summed E-state index contributed by atoms with van der Waals surface area (Å²) < 4.78 is 1.74. The van der Waals surface area contributed by atoms with Crippen molar-refractivity contribution in [3.8, 4) is 5.69 Å². The molecular formula is C16H17ClN2O2. The van der Waals surface area contributed by atoms with E-state index in [1.54, 1.807) is 4.68 Å². The summed E-state index contributed by atoms with van der Waals surface area (Å²) in [7, 11) is 0. The lowest BCUT2D eigenvalue weighted by Crippen LogP contribution is -2.05. The Kier molecular flexibility index (Phi) is 3.72. The van der Waals surface area contributed by atoms with Crippen molar-refractivity contribution in [2.75, 3.05) is 0 Å². The minimum Gasteiger partial charge on any atom is -0.476 e. The molecule has 0 saturated carbocycles. The Morgan fingerprint density at radius 2 is 2.05 bits per heavy atom. The summed E-state index contributed by atoms with van der Waals surface area (Å²) in [6, 6.07) is 5.72. The second-order valence-electron chi connectivity index (χ2n) is 5.51. The van der Waals surface area contributed by atoms with Gasteiger partial charge in [-0.2, -0.15) is 5.10 Å². The Bertz CT molecular complexity index is 707. The minimum atomic E-state index is -0.962. The zero-order valence-corrected chi connectivity index (χ0v) is 12.7. The van der Waals surface area contributed by atoms with Gasteiger partial charge in [0.2, 0.25) is 0 Å². The number of halogens is 1. The van der Waals surface area contributed by atoms with E-state index in [1.165, 1.54) is 0 Å². The van der Waals surface area contributed by atoms with Crippen molar-refractivity contribution in [1.82, 2.24) is 9.78 Å². The maximum atomic E-state index is 11.5. The number of rotatable bonds is 2. The molecule has 1 N–H and O–H groups in total. The predicted molar refractivity (Wildman–Crippen MR) is 81.5 cm³/mol. The number of hydrogen-bond acceptors (Lipinski definition) is 2. The van der Waals surface area contributed by atoms with Gasteiger partial charge in [0, 0.05) is 11.3 Å². The fraction of sp³-hybridized carbons (Fsp3) is 0.375. The third-order valence-corrected chi connectivity index (χ3v) is 4.28. The number of carbonyl (C=O) groups is 1. The van der Waals surface area contributed by atoms with Gasteiger partial charge in [0.05, 0.1) is 10.7 Å². The second kappa shape index (κ2) is 5.53. The van der Waals surface area contributed by atoms with Crippen LogP contribution in [0, 0.1) is 6.92 Å². The Morgan fingerprint density at radius 1 is 1.29 bits per heavy atom. The number of fused-ring (bicyclic) bond motifs is 1.